The quantitative estimate of drug-likeness (QED) is 0.185. The molecule has 10 aromatic rings. The number of benzene rings is 8. The molecular weight excluding hydrogens is 595 g/mol. The van der Waals surface area contributed by atoms with Crippen LogP contribution in [0.5, 0.6) is 0 Å². The summed E-state index contributed by atoms with van der Waals surface area (Å²) in [5.74, 6) is 0. The van der Waals surface area contributed by atoms with Crippen molar-refractivity contribution in [1.82, 2.24) is 9.13 Å². The van der Waals surface area contributed by atoms with Crippen LogP contribution in [0.4, 0.5) is 17.1 Å². The van der Waals surface area contributed by atoms with E-state index in [1.807, 2.05) is 0 Å². The summed E-state index contributed by atoms with van der Waals surface area (Å²) in [4.78, 5) is 2.31. The van der Waals surface area contributed by atoms with E-state index in [0.29, 0.717) is 0 Å². The van der Waals surface area contributed by atoms with Crippen molar-refractivity contribution in [2.45, 2.75) is 0 Å². The van der Waals surface area contributed by atoms with Crippen molar-refractivity contribution in [3.05, 3.63) is 188 Å². The van der Waals surface area contributed by atoms with Crippen LogP contribution in [0.1, 0.15) is 0 Å². The standard InChI is InChI=1S/C46H31N3/c1-4-16-32(17-5-1)47(33-18-6-2-7-19-33)35-28-30-36(31-29-35)49-42-27-15-13-25-40(42)44-43-39-24-12-14-26-41(39)48(34-20-8-3-9-21-34)45(43)37-22-10-11-23-38(37)46(44)49/h1-31H. The second kappa shape index (κ2) is 11.0. The zero-order valence-corrected chi connectivity index (χ0v) is 26.7. The van der Waals surface area contributed by atoms with Crippen LogP contribution in [-0.4, -0.2) is 9.13 Å². The van der Waals surface area contributed by atoms with Crippen LogP contribution in [-0.2, 0) is 0 Å². The Balaban J connectivity index is 1.29. The third-order valence-electron chi connectivity index (χ3n) is 9.85. The zero-order chi connectivity index (χ0) is 32.3. The minimum Gasteiger partial charge on any atom is -0.311 e. The van der Waals surface area contributed by atoms with E-state index in [9.17, 15) is 0 Å². The summed E-state index contributed by atoms with van der Waals surface area (Å²) in [5.41, 5.74) is 10.5. The van der Waals surface area contributed by atoms with Crippen molar-refractivity contribution in [1.29, 1.82) is 0 Å². The lowest BCUT2D eigenvalue weighted by Gasteiger charge is -2.25. The number of hydrogen-bond donors (Lipinski definition) is 0. The molecule has 3 nitrogen and oxygen atoms in total. The fourth-order valence-electron chi connectivity index (χ4n) is 7.86. The lowest BCUT2D eigenvalue weighted by atomic mass is 9.99. The molecule has 0 aliphatic rings. The molecule has 0 aliphatic carbocycles. The average molecular weight is 626 g/mol. The number of nitrogens with zero attached hydrogens (tertiary/aromatic N) is 3. The number of anilines is 3. The van der Waals surface area contributed by atoms with Gasteiger partial charge in [0.15, 0.2) is 0 Å². The highest BCUT2D eigenvalue weighted by atomic mass is 15.1. The van der Waals surface area contributed by atoms with Crippen LogP contribution in [0.2, 0.25) is 0 Å². The van der Waals surface area contributed by atoms with Gasteiger partial charge in [0.1, 0.15) is 0 Å². The molecule has 0 bridgehead atoms. The molecule has 2 aromatic heterocycles. The van der Waals surface area contributed by atoms with Crippen molar-refractivity contribution in [2.75, 3.05) is 4.90 Å². The largest absolute Gasteiger partial charge is 0.311 e. The molecule has 0 saturated carbocycles. The first kappa shape index (κ1) is 27.5. The number of aromatic nitrogens is 2. The van der Waals surface area contributed by atoms with Gasteiger partial charge in [-0.2, -0.15) is 0 Å². The minimum atomic E-state index is 1.11. The lowest BCUT2D eigenvalue weighted by molar-refractivity contribution is 1.18. The second-order valence-electron chi connectivity index (χ2n) is 12.6. The van der Waals surface area contributed by atoms with Gasteiger partial charge in [-0.15, -0.1) is 0 Å². The highest BCUT2D eigenvalue weighted by Crippen LogP contribution is 2.47. The van der Waals surface area contributed by atoms with Crippen LogP contribution in [0, 0.1) is 0 Å². The molecule has 0 unspecified atom stereocenters. The molecular formula is C46H31N3. The number of para-hydroxylation sites is 5. The molecule has 10 rings (SSSR count). The van der Waals surface area contributed by atoms with Crippen molar-refractivity contribution in [3.63, 3.8) is 0 Å². The molecule has 0 amide bonds. The van der Waals surface area contributed by atoms with E-state index in [-0.39, 0.29) is 0 Å². The summed E-state index contributed by atoms with van der Waals surface area (Å²) in [6.45, 7) is 0. The first-order chi connectivity index (χ1) is 24.4. The maximum Gasteiger partial charge on any atom is 0.0627 e. The van der Waals surface area contributed by atoms with Gasteiger partial charge in [-0.3, -0.25) is 0 Å². The number of fused-ring (bicyclic) bond motifs is 10. The van der Waals surface area contributed by atoms with Gasteiger partial charge >= 0.3 is 0 Å². The molecule has 0 atom stereocenters. The van der Waals surface area contributed by atoms with Gasteiger partial charge in [0.25, 0.3) is 0 Å². The Morgan fingerprint density at radius 2 is 0.633 bits per heavy atom. The van der Waals surface area contributed by atoms with Gasteiger partial charge in [-0.1, -0.05) is 115 Å². The lowest BCUT2D eigenvalue weighted by Crippen LogP contribution is -2.09. The van der Waals surface area contributed by atoms with Crippen LogP contribution in [0.3, 0.4) is 0 Å². The van der Waals surface area contributed by atoms with Crippen LogP contribution in [0.15, 0.2) is 188 Å². The summed E-state index contributed by atoms with van der Waals surface area (Å²) >= 11 is 0. The third-order valence-corrected chi connectivity index (χ3v) is 9.85. The summed E-state index contributed by atoms with van der Waals surface area (Å²) in [6, 6.07) is 67.6. The van der Waals surface area contributed by atoms with E-state index in [4.69, 9.17) is 0 Å². The van der Waals surface area contributed by atoms with E-state index < -0.39 is 0 Å². The molecule has 0 fully saturated rings. The van der Waals surface area contributed by atoms with Gasteiger partial charge in [-0.05, 0) is 72.8 Å². The highest BCUT2D eigenvalue weighted by molar-refractivity contribution is 6.37. The van der Waals surface area contributed by atoms with E-state index in [2.05, 4.69) is 202 Å². The van der Waals surface area contributed by atoms with Crippen molar-refractivity contribution < 1.29 is 0 Å². The number of hydrogen-bond acceptors (Lipinski definition) is 1. The molecule has 0 spiro atoms. The highest BCUT2D eigenvalue weighted by Gasteiger charge is 2.24. The first-order valence-electron chi connectivity index (χ1n) is 16.8. The van der Waals surface area contributed by atoms with Crippen molar-refractivity contribution in [2.24, 2.45) is 0 Å². The Hall–Kier alpha value is -6.58. The molecule has 0 saturated heterocycles. The normalized spacial score (nSPS) is 11.7. The molecule has 3 heteroatoms. The molecule has 0 radical (unpaired) electrons. The zero-order valence-electron chi connectivity index (χ0n) is 26.7. The van der Waals surface area contributed by atoms with E-state index in [0.717, 1.165) is 22.7 Å². The topological polar surface area (TPSA) is 13.1 Å². The molecule has 230 valence electrons. The van der Waals surface area contributed by atoms with E-state index in [1.165, 1.54) is 60.1 Å². The summed E-state index contributed by atoms with van der Waals surface area (Å²) in [6.07, 6.45) is 0. The fraction of sp³-hybridized carbons (Fsp3) is 0. The van der Waals surface area contributed by atoms with Gasteiger partial charge in [-0.25, -0.2) is 0 Å². The van der Waals surface area contributed by atoms with E-state index >= 15 is 0 Å². The SMILES string of the molecule is c1ccc(N(c2ccccc2)c2ccc(-n3c4ccccc4c4c5c6ccccc6n(-c6ccccc6)c5c5ccccc5c43)cc2)cc1. The van der Waals surface area contributed by atoms with Crippen LogP contribution >= 0.6 is 0 Å². The number of rotatable bonds is 5. The van der Waals surface area contributed by atoms with Gasteiger partial charge < -0.3 is 14.0 Å². The monoisotopic (exact) mass is 625 g/mol. The predicted octanol–water partition coefficient (Wildman–Crippen LogP) is 12.5. The maximum atomic E-state index is 2.47. The molecule has 0 aliphatic heterocycles. The van der Waals surface area contributed by atoms with Gasteiger partial charge in [0.05, 0.1) is 22.1 Å². The average Bonchev–Trinajstić information content (AvgIpc) is 3.71. The van der Waals surface area contributed by atoms with Crippen LogP contribution in [0.25, 0.3) is 65.8 Å². The summed E-state index contributed by atoms with van der Waals surface area (Å²) in [7, 11) is 0. The Bertz CT molecular complexity index is 2750. The molecule has 8 aromatic carbocycles. The Morgan fingerprint density at radius 3 is 1.10 bits per heavy atom. The Labute approximate surface area is 284 Å². The molecule has 49 heavy (non-hydrogen) atoms. The van der Waals surface area contributed by atoms with Crippen molar-refractivity contribution >= 4 is 71.4 Å². The predicted molar refractivity (Wildman–Crippen MR) is 207 cm³/mol. The summed E-state index contributed by atoms with van der Waals surface area (Å²) in [5, 5.41) is 7.57. The van der Waals surface area contributed by atoms with Crippen LogP contribution < -0.4 is 4.90 Å². The van der Waals surface area contributed by atoms with E-state index in [1.54, 1.807) is 0 Å². The summed E-state index contributed by atoms with van der Waals surface area (Å²) < 4.78 is 4.93. The third kappa shape index (κ3) is 4.16. The van der Waals surface area contributed by atoms with Gasteiger partial charge in [0, 0.05) is 60.8 Å². The minimum absolute atomic E-state index is 1.11. The second-order valence-corrected chi connectivity index (χ2v) is 12.6. The maximum absolute atomic E-state index is 2.47. The molecule has 0 N–H and O–H groups in total. The van der Waals surface area contributed by atoms with Crippen molar-refractivity contribution in [3.8, 4) is 11.4 Å². The smallest absolute Gasteiger partial charge is 0.0627 e. The molecule has 2 heterocycles. The Morgan fingerprint density at radius 1 is 0.286 bits per heavy atom. The first-order valence-corrected chi connectivity index (χ1v) is 16.8. The fourth-order valence-corrected chi connectivity index (χ4v) is 7.86. The van der Waals surface area contributed by atoms with Gasteiger partial charge in [0.2, 0.25) is 0 Å². The Kier molecular flexibility index (Phi) is 6.18.